The highest BCUT2D eigenvalue weighted by Crippen LogP contribution is 2.36. The molecule has 3 N–H and O–H groups in total. The van der Waals surface area contributed by atoms with Crippen LogP contribution in [0.15, 0.2) is 46.2 Å². The summed E-state index contributed by atoms with van der Waals surface area (Å²) in [5.41, 5.74) is 1.64. The molecule has 0 saturated carbocycles. The van der Waals surface area contributed by atoms with Crippen molar-refractivity contribution >= 4 is 21.1 Å². The number of imidazole rings is 1. The fourth-order valence-electron chi connectivity index (χ4n) is 3.20. The monoisotopic (exact) mass is 332 g/mol. The van der Waals surface area contributed by atoms with Gasteiger partial charge in [0.05, 0.1) is 22.0 Å². The SMILES string of the molecule is O=c1[nH]c2ccc(S(=O)(=O)N3CCCC3c3ccc[nH]3)cc2[nH]1. The maximum atomic E-state index is 13.0. The number of aromatic amines is 3. The molecule has 120 valence electrons. The third kappa shape index (κ3) is 2.30. The Labute approximate surface area is 132 Å². The smallest absolute Gasteiger partial charge is 0.323 e. The predicted molar refractivity (Wildman–Crippen MR) is 85.6 cm³/mol. The Morgan fingerprint density at radius 3 is 2.74 bits per heavy atom. The van der Waals surface area contributed by atoms with Crippen molar-refractivity contribution in [1.82, 2.24) is 19.3 Å². The van der Waals surface area contributed by atoms with Crippen LogP contribution >= 0.6 is 0 Å². The van der Waals surface area contributed by atoms with E-state index in [2.05, 4.69) is 15.0 Å². The molecule has 1 atom stereocenters. The standard InChI is InChI=1S/C15H16N4O3S/c20-15-17-11-6-5-10(9-13(11)18-15)23(21,22)19-8-2-4-14(19)12-3-1-7-16-12/h1,3,5-7,9,14,16H,2,4,8H2,(H2,17,18,20). The van der Waals surface area contributed by atoms with Crippen molar-refractivity contribution in [3.63, 3.8) is 0 Å². The number of H-pyrrole nitrogens is 3. The van der Waals surface area contributed by atoms with Crippen LogP contribution in [-0.4, -0.2) is 34.2 Å². The molecule has 1 unspecified atom stereocenters. The van der Waals surface area contributed by atoms with Gasteiger partial charge in [-0.25, -0.2) is 13.2 Å². The van der Waals surface area contributed by atoms with E-state index in [9.17, 15) is 13.2 Å². The Morgan fingerprint density at radius 2 is 1.96 bits per heavy atom. The summed E-state index contributed by atoms with van der Waals surface area (Å²) in [6.07, 6.45) is 3.42. The Kier molecular flexibility index (Phi) is 3.17. The maximum Gasteiger partial charge on any atom is 0.323 e. The van der Waals surface area contributed by atoms with Gasteiger partial charge in [-0.2, -0.15) is 4.31 Å². The van der Waals surface area contributed by atoms with Gasteiger partial charge in [-0.3, -0.25) is 0 Å². The third-order valence-corrected chi connectivity index (χ3v) is 6.18. The molecule has 8 heteroatoms. The van der Waals surface area contributed by atoms with Gasteiger partial charge in [0, 0.05) is 18.4 Å². The van der Waals surface area contributed by atoms with Gasteiger partial charge in [-0.15, -0.1) is 0 Å². The van der Waals surface area contributed by atoms with Crippen LogP contribution < -0.4 is 5.69 Å². The Hall–Kier alpha value is -2.32. The minimum absolute atomic E-state index is 0.170. The van der Waals surface area contributed by atoms with Gasteiger partial charge in [0.1, 0.15) is 0 Å². The van der Waals surface area contributed by atoms with Gasteiger partial charge in [0.25, 0.3) is 0 Å². The van der Waals surface area contributed by atoms with Crippen molar-refractivity contribution in [2.24, 2.45) is 0 Å². The van der Waals surface area contributed by atoms with E-state index < -0.39 is 10.0 Å². The van der Waals surface area contributed by atoms with Crippen molar-refractivity contribution in [3.05, 3.63) is 52.7 Å². The van der Waals surface area contributed by atoms with E-state index in [0.717, 1.165) is 18.5 Å². The molecule has 23 heavy (non-hydrogen) atoms. The Bertz CT molecular complexity index is 1000. The largest absolute Gasteiger partial charge is 0.364 e. The average molecular weight is 332 g/mol. The van der Waals surface area contributed by atoms with E-state index >= 15 is 0 Å². The molecule has 0 bridgehead atoms. The van der Waals surface area contributed by atoms with Crippen LogP contribution in [0, 0.1) is 0 Å². The van der Waals surface area contributed by atoms with Gasteiger partial charge in [0.15, 0.2) is 0 Å². The van der Waals surface area contributed by atoms with Crippen molar-refractivity contribution in [2.45, 2.75) is 23.8 Å². The van der Waals surface area contributed by atoms with E-state index in [4.69, 9.17) is 0 Å². The molecule has 0 amide bonds. The normalized spacial score (nSPS) is 19.6. The second kappa shape index (κ2) is 5.10. The van der Waals surface area contributed by atoms with Crippen molar-refractivity contribution in [2.75, 3.05) is 6.54 Å². The summed E-state index contributed by atoms with van der Waals surface area (Å²) in [6, 6.07) is 8.26. The zero-order valence-corrected chi connectivity index (χ0v) is 13.1. The summed E-state index contributed by atoms with van der Waals surface area (Å²) < 4.78 is 27.5. The fourth-order valence-corrected chi connectivity index (χ4v) is 4.90. The number of hydrogen-bond donors (Lipinski definition) is 3. The molecule has 1 fully saturated rings. The van der Waals surface area contributed by atoms with E-state index in [0.29, 0.717) is 17.6 Å². The number of nitrogens with zero attached hydrogens (tertiary/aromatic N) is 1. The lowest BCUT2D eigenvalue weighted by molar-refractivity contribution is 0.391. The summed E-state index contributed by atoms with van der Waals surface area (Å²) in [6.45, 7) is 0.494. The average Bonchev–Trinajstić information content (AvgIpc) is 3.25. The number of aromatic nitrogens is 3. The second-order valence-electron chi connectivity index (χ2n) is 5.69. The molecule has 2 aromatic heterocycles. The van der Waals surface area contributed by atoms with Gasteiger partial charge in [0.2, 0.25) is 10.0 Å². The molecule has 3 aromatic rings. The number of rotatable bonds is 3. The predicted octanol–water partition coefficient (Wildman–Crippen LogP) is 1.71. The fraction of sp³-hybridized carbons (Fsp3) is 0.267. The molecule has 1 aromatic carbocycles. The van der Waals surface area contributed by atoms with Crippen LogP contribution in [0.5, 0.6) is 0 Å². The first-order chi connectivity index (χ1) is 11.1. The number of nitrogens with one attached hydrogen (secondary N) is 3. The molecule has 0 spiro atoms. The molecule has 1 aliphatic heterocycles. The molecular formula is C15H16N4O3S. The highest BCUT2D eigenvalue weighted by atomic mass is 32.2. The molecule has 4 rings (SSSR count). The Balaban J connectivity index is 1.77. The molecule has 0 radical (unpaired) electrons. The highest BCUT2D eigenvalue weighted by Gasteiger charge is 2.36. The van der Waals surface area contributed by atoms with E-state index in [1.807, 2.05) is 12.1 Å². The lowest BCUT2D eigenvalue weighted by atomic mass is 10.2. The van der Waals surface area contributed by atoms with Crippen LogP contribution in [0.1, 0.15) is 24.6 Å². The summed E-state index contributed by atoms with van der Waals surface area (Å²) in [4.78, 5) is 19.9. The van der Waals surface area contributed by atoms with Crippen LogP contribution in [-0.2, 0) is 10.0 Å². The minimum Gasteiger partial charge on any atom is -0.364 e. The van der Waals surface area contributed by atoms with Crippen LogP contribution in [0.4, 0.5) is 0 Å². The third-order valence-electron chi connectivity index (χ3n) is 4.28. The zero-order valence-electron chi connectivity index (χ0n) is 12.2. The maximum absolute atomic E-state index is 13.0. The number of fused-ring (bicyclic) bond motifs is 1. The first-order valence-corrected chi connectivity index (χ1v) is 8.87. The Morgan fingerprint density at radius 1 is 1.13 bits per heavy atom. The van der Waals surface area contributed by atoms with Gasteiger partial charge >= 0.3 is 5.69 Å². The van der Waals surface area contributed by atoms with Gasteiger partial charge < -0.3 is 15.0 Å². The van der Waals surface area contributed by atoms with Crippen LogP contribution in [0.25, 0.3) is 11.0 Å². The molecule has 0 aliphatic carbocycles. The highest BCUT2D eigenvalue weighted by molar-refractivity contribution is 7.89. The molecule has 3 heterocycles. The summed E-state index contributed by atoms with van der Waals surface area (Å²) in [5, 5.41) is 0. The van der Waals surface area contributed by atoms with Crippen molar-refractivity contribution < 1.29 is 8.42 Å². The molecule has 1 saturated heterocycles. The quantitative estimate of drug-likeness (QED) is 0.680. The first-order valence-electron chi connectivity index (χ1n) is 7.43. The molecule has 1 aliphatic rings. The lowest BCUT2D eigenvalue weighted by Crippen LogP contribution is -2.30. The molecule has 7 nitrogen and oxygen atoms in total. The van der Waals surface area contributed by atoms with Gasteiger partial charge in [-0.05, 0) is 43.2 Å². The topological polar surface area (TPSA) is 102 Å². The van der Waals surface area contributed by atoms with Crippen molar-refractivity contribution in [1.29, 1.82) is 0 Å². The van der Waals surface area contributed by atoms with Crippen LogP contribution in [0.3, 0.4) is 0 Å². The molecular weight excluding hydrogens is 316 g/mol. The second-order valence-corrected chi connectivity index (χ2v) is 7.58. The van der Waals surface area contributed by atoms with E-state index in [-0.39, 0.29) is 16.6 Å². The lowest BCUT2D eigenvalue weighted by Gasteiger charge is -2.23. The minimum atomic E-state index is -3.62. The summed E-state index contributed by atoms with van der Waals surface area (Å²) in [5.74, 6) is 0. The van der Waals surface area contributed by atoms with Crippen molar-refractivity contribution in [3.8, 4) is 0 Å². The van der Waals surface area contributed by atoms with Gasteiger partial charge in [-0.1, -0.05) is 0 Å². The summed E-state index contributed by atoms with van der Waals surface area (Å²) in [7, 11) is -3.62. The first kappa shape index (κ1) is 14.3. The number of benzene rings is 1. The van der Waals surface area contributed by atoms with Crippen LogP contribution in [0.2, 0.25) is 0 Å². The zero-order chi connectivity index (χ0) is 16.0. The summed E-state index contributed by atoms with van der Waals surface area (Å²) >= 11 is 0. The van der Waals surface area contributed by atoms with E-state index in [1.54, 1.807) is 12.3 Å². The van der Waals surface area contributed by atoms with E-state index in [1.165, 1.54) is 16.4 Å². The number of sulfonamides is 1. The number of hydrogen-bond acceptors (Lipinski definition) is 3.